The van der Waals surface area contributed by atoms with Gasteiger partial charge in [-0.15, -0.1) is 0 Å². The predicted molar refractivity (Wildman–Crippen MR) is 124 cm³/mol. The highest BCUT2D eigenvalue weighted by Crippen LogP contribution is 2.56. The lowest BCUT2D eigenvalue weighted by atomic mass is 9.55. The number of hydrogen-bond donors (Lipinski definition) is 2. The van der Waals surface area contributed by atoms with E-state index < -0.39 is 23.6 Å². The van der Waals surface area contributed by atoms with Crippen LogP contribution in [0.1, 0.15) is 63.9 Å². The van der Waals surface area contributed by atoms with Crippen molar-refractivity contribution in [2.24, 2.45) is 5.41 Å². The molecule has 184 valence electrons. The molecule has 1 saturated heterocycles. The van der Waals surface area contributed by atoms with Gasteiger partial charge in [-0.2, -0.15) is 0 Å². The van der Waals surface area contributed by atoms with Crippen LogP contribution in [-0.2, 0) is 16.1 Å². The second kappa shape index (κ2) is 8.08. The quantitative estimate of drug-likeness (QED) is 0.643. The third kappa shape index (κ3) is 3.70. The fraction of sp³-hybridized carbons (Fsp3) is 0.333. The molecular weight excluding hydrogens is 468 g/mol. The average molecular weight is 491 g/mol. The number of carbonyl (C=O) groups excluding carboxylic acids is 4. The number of nitrogens with zero attached hydrogens (tertiary/aromatic N) is 1. The van der Waals surface area contributed by atoms with Crippen LogP contribution in [0.5, 0.6) is 0 Å². The van der Waals surface area contributed by atoms with Gasteiger partial charge in [-0.3, -0.25) is 24.5 Å². The molecule has 2 aromatic carbocycles. The molecule has 1 atom stereocenters. The van der Waals surface area contributed by atoms with E-state index in [0.29, 0.717) is 22.3 Å². The second-order valence-corrected chi connectivity index (χ2v) is 10.2. The molecule has 0 bridgehead atoms. The van der Waals surface area contributed by atoms with Crippen LogP contribution in [0, 0.1) is 17.0 Å². The molecule has 36 heavy (non-hydrogen) atoms. The molecular formula is C27H23F2N3O4. The third-order valence-electron chi connectivity index (χ3n) is 7.74. The standard InChI is InChI=1S/C27H23F2N3O4/c28-20-4-2-14(8-21(20)29)17-9-27(10-17)11-18(12-27)30-24(34)15-1-3-19-16(7-15)13-32(26(19)36)22-5-6-23(33)31-25(22)35/h1-4,7-9,18,22H,5-6,10-13H2,(H,30,34)(H,31,33,35). The van der Waals surface area contributed by atoms with E-state index >= 15 is 0 Å². The Morgan fingerprint density at radius 3 is 2.56 bits per heavy atom. The molecule has 0 aromatic heterocycles. The van der Waals surface area contributed by atoms with Gasteiger partial charge in [0.05, 0.1) is 0 Å². The number of rotatable bonds is 4. The van der Waals surface area contributed by atoms with Gasteiger partial charge in [0.1, 0.15) is 6.04 Å². The highest BCUT2D eigenvalue weighted by Gasteiger charge is 2.48. The Balaban J connectivity index is 1.07. The molecule has 2 aliphatic carbocycles. The number of hydrogen-bond acceptors (Lipinski definition) is 4. The van der Waals surface area contributed by atoms with E-state index in [9.17, 15) is 28.0 Å². The van der Waals surface area contributed by atoms with Crippen LogP contribution in [-0.4, -0.2) is 40.6 Å². The Morgan fingerprint density at radius 1 is 1.06 bits per heavy atom. The van der Waals surface area contributed by atoms with E-state index in [-0.39, 0.29) is 48.6 Å². The van der Waals surface area contributed by atoms with Crippen LogP contribution in [0.3, 0.4) is 0 Å². The van der Waals surface area contributed by atoms with Crippen LogP contribution in [0.2, 0.25) is 0 Å². The minimum absolute atomic E-state index is 0.00898. The van der Waals surface area contributed by atoms with Gasteiger partial charge in [0.15, 0.2) is 11.6 Å². The summed E-state index contributed by atoms with van der Waals surface area (Å²) in [6.45, 7) is 0.214. The Labute approximate surface area is 205 Å². The van der Waals surface area contributed by atoms with Gasteiger partial charge < -0.3 is 10.2 Å². The predicted octanol–water partition coefficient (Wildman–Crippen LogP) is 3.09. The van der Waals surface area contributed by atoms with Crippen LogP contribution in [0.4, 0.5) is 8.78 Å². The minimum Gasteiger partial charge on any atom is -0.349 e. The van der Waals surface area contributed by atoms with Gasteiger partial charge in [-0.05, 0) is 78.1 Å². The number of carbonyl (C=O) groups is 4. The lowest BCUT2D eigenvalue weighted by molar-refractivity contribution is -0.136. The van der Waals surface area contributed by atoms with Gasteiger partial charge in [-0.1, -0.05) is 12.1 Å². The number of nitrogens with one attached hydrogen (secondary N) is 2. The number of fused-ring (bicyclic) bond motifs is 1. The summed E-state index contributed by atoms with van der Waals surface area (Å²) in [6, 6.07) is 8.15. The van der Waals surface area contributed by atoms with Gasteiger partial charge in [0.25, 0.3) is 11.8 Å². The summed E-state index contributed by atoms with van der Waals surface area (Å²) >= 11 is 0. The van der Waals surface area contributed by atoms with Crippen molar-refractivity contribution in [2.45, 2.75) is 50.7 Å². The van der Waals surface area contributed by atoms with E-state index in [1.807, 2.05) is 0 Å². The molecule has 2 aliphatic heterocycles. The summed E-state index contributed by atoms with van der Waals surface area (Å²) in [4.78, 5) is 50.8. The van der Waals surface area contributed by atoms with Crippen molar-refractivity contribution in [3.8, 4) is 0 Å². The smallest absolute Gasteiger partial charge is 0.255 e. The number of amides is 4. The van der Waals surface area contributed by atoms with Crippen LogP contribution < -0.4 is 10.6 Å². The zero-order valence-corrected chi connectivity index (χ0v) is 19.3. The summed E-state index contributed by atoms with van der Waals surface area (Å²) < 4.78 is 26.7. The monoisotopic (exact) mass is 491 g/mol. The van der Waals surface area contributed by atoms with E-state index in [1.54, 1.807) is 24.3 Å². The number of allylic oxidation sites excluding steroid dienone is 2. The van der Waals surface area contributed by atoms with Crippen molar-refractivity contribution >= 4 is 29.2 Å². The molecule has 9 heteroatoms. The molecule has 2 aromatic rings. The van der Waals surface area contributed by atoms with E-state index in [0.717, 1.165) is 30.9 Å². The Kier molecular flexibility index (Phi) is 5.07. The molecule has 0 radical (unpaired) electrons. The maximum atomic E-state index is 13.5. The molecule has 1 saturated carbocycles. The minimum atomic E-state index is -0.862. The highest BCUT2D eigenvalue weighted by atomic mass is 19.2. The molecule has 1 unspecified atom stereocenters. The third-order valence-corrected chi connectivity index (χ3v) is 7.74. The van der Waals surface area contributed by atoms with Crippen molar-refractivity contribution in [1.82, 2.24) is 15.5 Å². The first-order chi connectivity index (χ1) is 17.2. The van der Waals surface area contributed by atoms with E-state index in [2.05, 4.69) is 16.7 Å². The summed E-state index contributed by atoms with van der Waals surface area (Å²) in [5.74, 6) is -3.03. The SMILES string of the molecule is O=C1CCC(N2Cc3cc(C(=O)NC4CC5(C=C(c6ccc(F)c(F)c6)C5)C4)ccc3C2=O)C(=O)N1. The fourth-order valence-corrected chi connectivity index (χ4v) is 5.87. The summed E-state index contributed by atoms with van der Waals surface area (Å²) in [5, 5.41) is 5.32. The molecule has 2 N–H and O–H groups in total. The summed E-state index contributed by atoms with van der Waals surface area (Å²) in [6.07, 6.45) is 4.88. The maximum absolute atomic E-state index is 13.5. The first-order valence-corrected chi connectivity index (χ1v) is 12.0. The second-order valence-electron chi connectivity index (χ2n) is 10.2. The zero-order chi connectivity index (χ0) is 25.2. The first kappa shape index (κ1) is 22.6. The van der Waals surface area contributed by atoms with Crippen molar-refractivity contribution in [1.29, 1.82) is 0 Å². The summed E-state index contributed by atoms with van der Waals surface area (Å²) in [5.41, 5.74) is 3.25. The van der Waals surface area contributed by atoms with Crippen molar-refractivity contribution < 1.29 is 28.0 Å². The first-order valence-electron chi connectivity index (χ1n) is 12.0. The number of benzene rings is 2. The topological polar surface area (TPSA) is 95.6 Å². The van der Waals surface area contributed by atoms with Crippen molar-refractivity contribution in [3.63, 3.8) is 0 Å². The Morgan fingerprint density at radius 2 is 1.83 bits per heavy atom. The number of piperidine rings is 1. The van der Waals surface area contributed by atoms with Gasteiger partial charge >= 0.3 is 0 Å². The highest BCUT2D eigenvalue weighted by molar-refractivity contribution is 6.06. The van der Waals surface area contributed by atoms with E-state index in [1.165, 1.54) is 11.0 Å². The molecule has 2 heterocycles. The van der Waals surface area contributed by atoms with Crippen LogP contribution in [0.15, 0.2) is 42.5 Å². The number of imide groups is 1. The zero-order valence-electron chi connectivity index (χ0n) is 19.3. The van der Waals surface area contributed by atoms with E-state index in [4.69, 9.17) is 0 Å². The van der Waals surface area contributed by atoms with Gasteiger partial charge in [0.2, 0.25) is 11.8 Å². The Bertz CT molecular complexity index is 1380. The normalized spacial score (nSPS) is 26.7. The molecule has 2 fully saturated rings. The van der Waals surface area contributed by atoms with Crippen LogP contribution in [0.25, 0.3) is 5.57 Å². The maximum Gasteiger partial charge on any atom is 0.255 e. The average Bonchev–Trinajstić information content (AvgIpc) is 3.12. The van der Waals surface area contributed by atoms with Gasteiger partial charge in [-0.25, -0.2) is 8.78 Å². The fourth-order valence-electron chi connectivity index (χ4n) is 5.87. The lowest BCUT2D eigenvalue weighted by Crippen LogP contribution is -2.52. The molecule has 4 amide bonds. The van der Waals surface area contributed by atoms with Crippen LogP contribution >= 0.6 is 0 Å². The lowest BCUT2D eigenvalue weighted by Gasteiger charge is -2.52. The molecule has 6 rings (SSSR count). The summed E-state index contributed by atoms with van der Waals surface area (Å²) in [7, 11) is 0. The van der Waals surface area contributed by atoms with Gasteiger partial charge in [0, 0.05) is 30.1 Å². The Hall–Kier alpha value is -3.88. The van der Waals surface area contributed by atoms with Crippen molar-refractivity contribution in [3.05, 3.63) is 76.4 Å². The molecule has 4 aliphatic rings. The number of halogens is 2. The van der Waals surface area contributed by atoms with Crippen molar-refractivity contribution in [2.75, 3.05) is 0 Å². The largest absolute Gasteiger partial charge is 0.349 e. The molecule has 7 nitrogen and oxygen atoms in total. The molecule has 1 spiro atoms.